The third-order valence-electron chi connectivity index (χ3n) is 2.45. The molecule has 18 heavy (non-hydrogen) atoms. The molecule has 1 aliphatic heterocycles. The van der Waals surface area contributed by atoms with Crippen LogP contribution in [0.2, 0.25) is 0 Å². The van der Waals surface area contributed by atoms with Crippen molar-refractivity contribution in [1.29, 1.82) is 0 Å². The van der Waals surface area contributed by atoms with Crippen LogP contribution in [0.25, 0.3) is 0 Å². The minimum atomic E-state index is -3.65. The van der Waals surface area contributed by atoms with Crippen LogP contribution in [0.15, 0.2) is 10.2 Å². The van der Waals surface area contributed by atoms with Crippen LogP contribution in [-0.4, -0.2) is 45.9 Å². The van der Waals surface area contributed by atoms with Gasteiger partial charge in [-0.25, -0.2) is 26.8 Å². The Labute approximate surface area is 105 Å². The van der Waals surface area contributed by atoms with Crippen LogP contribution < -0.4 is 0 Å². The zero-order valence-electron chi connectivity index (χ0n) is 9.87. The van der Waals surface area contributed by atoms with Crippen molar-refractivity contribution in [3.8, 4) is 0 Å². The lowest BCUT2D eigenvalue weighted by Gasteiger charge is -2.18. The van der Waals surface area contributed by atoms with Gasteiger partial charge in [0.25, 0.3) is 0 Å². The lowest BCUT2D eigenvalue weighted by Crippen LogP contribution is -2.20. The van der Waals surface area contributed by atoms with Gasteiger partial charge in [-0.05, 0) is 0 Å². The molecule has 0 atom stereocenters. The zero-order chi connectivity index (χ0) is 13.6. The van der Waals surface area contributed by atoms with Crippen molar-refractivity contribution in [3.05, 3.63) is 11.3 Å². The van der Waals surface area contributed by atoms with Crippen LogP contribution >= 0.6 is 0 Å². The molecule has 2 rings (SSSR count). The van der Waals surface area contributed by atoms with E-state index in [-0.39, 0.29) is 11.6 Å². The van der Waals surface area contributed by atoms with E-state index in [1.165, 1.54) is 0 Å². The van der Waals surface area contributed by atoms with Gasteiger partial charge in [-0.3, -0.25) is 0 Å². The summed E-state index contributed by atoms with van der Waals surface area (Å²) in [5.74, 6) is 0. The SMILES string of the molecule is CS(=O)(=O)c1nc2c(c(S(C)(=O)=O)n1)COCC2. The zero-order valence-corrected chi connectivity index (χ0v) is 11.5. The van der Waals surface area contributed by atoms with Crippen molar-refractivity contribution in [3.63, 3.8) is 0 Å². The van der Waals surface area contributed by atoms with Gasteiger partial charge in [0.15, 0.2) is 14.9 Å². The lowest BCUT2D eigenvalue weighted by atomic mass is 10.1. The Morgan fingerprint density at radius 3 is 2.28 bits per heavy atom. The van der Waals surface area contributed by atoms with Gasteiger partial charge in [0, 0.05) is 24.5 Å². The van der Waals surface area contributed by atoms with Crippen LogP contribution in [0.5, 0.6) is 0 Å². The first kappa shape index (κ1) is 13.4. The highest BCUT2D eigenvalue weighted by molar-refractivity contribution is 7.91. The molecule has 0 radical (unpaired) electrons. The molecular weight excluding hydrogens is 280 g/mol. The van der Waals surface area contributed by atoms with Crippen molar-refractivity contribution in [2.45, 2.75) is 23.2 Å². The van der Waals surface area contributed by atoms with Gasteiger partial charge in [0.2, 0.25) is 15.0 Å². The number of fused-ring (bicyclic) bond motifs is 1. The fraction of sp³-hybridized carbons (Fsp3) is 0.556. The van der Waals surface area contributed by atoms with E-state index < -0.39 is 24.8 Å². The predicted octanol–water partition coefficient (Wildman–Crippen LogP) is -0.644. The predicted molar refractivity (Wildman–Crippen MR) is 61.6 cm³/mol. The average molecular weight is 292 g/mol. The molecule has 7 nitrogen and oxygen atoms in total. The standard InChI is InChI=1S/C9H12N2O5S2/c1-17(12,13)8-6-5-16-4-3-7(6)10-9(11-8)18(2,14)15/h3-5H2,1-2H3. The van der Waals surface area contributed by atoms with E-state index in [4.69, 9.17) is 4.74 Å². The van der Waals surface area contributed by atoms with E-state index in [9.17, 15) is 16.8 Å². The number of aromatic nitrogens is 2. The van der Waals surface area contributed by atoms with E-state index in [2.05, 4.69) is 9.97 Å². The lowest BCUT2D eigenvalue weighted by molar-refractivity contribution is 0.105. The number of sulfone groups is 2. The maximum Gasteiger partial charge on any atom is 0.248 e. The van der Waals surface area contributed by atoms with Crippen molar-refractivity contribution in [1.82, 2.24) is 9.97 Å². The van der Waals surface area contributed by atoms with E-state index in [0.717, 1.165) is 12.5 Å². The quantitative estimate of drug-likeness (QED) is 0.527. The first-order chi connectivity index (χ1) is 8.19. The molecule has 1 aromatic heterocycles. The minimum Gasteiger partial charge on any atom is -0.376 e. The summed E-state index contributed by atoms with van der Waals surface area (Å²) in [6, 6.07) is 0. The van der Waals surface area contributed by atoms with Crippen molar-refractivity contribution in [2.75, 3.05) is 19.1 Å². The summed E-state index contributed by atoms with van der Waals surface area (Å²) >= 11 is 0. The molecule has 0 fully saturated rings. The van der Waals surface area contributed by atoms with Crippen molar-refractivity contribution < 1.29 is 21.6 Å². The number of hydrogen-bond donors (Lipinski definition) is 0. The second-order valence-corrected chi connectivity index (χ2v) is 7.92. The van der Waals surface area contributed by atoms with Gasteiger partial charge in [0.05, 0.1) is 18.9 Å². The van der Waals surface area contributed by atoms with Gasteiger partial charge in [0.1, 0.15) is 0 Å². The first-order valence-electron chi connectivity index (χ1n) is 5.07. The Kier molecular flexibility index (Phi) is 3.16. The van der Waals surface area contributed by atoms with Crippen LogP contribution in [0.1, 0.15) is 11.3 Å². The molecule has 0 saturated carbocycles. The van der Waals surface area contributed by atoms with E-state index >= 15 is 0 Å². The van der Waals surface area contributed by atoms with Crippen LogP contribution in [0, 0.1) is 0 Å². The third-order valence-corrected chi connectivity index (χ3v) is 4.33. The van der Waals surface area contributed by atoms with Crippen LogP contribution in [0.4, 0.5) is 0 Å². The largest absolute Gasteiger partial charge is 0.376 e. The fourth-order valence-electron chi connectivity index (χ4n) is 1.65. The van der Waals surface area contributed by atoms with Gasteiger partial charge >= 0.3 is 0 Å². The summed E-state index contributed by atoms with van der Waals surface area (Å²) in [5.41, 5.74) is 0.785. The van der Waals surface area contributed by atoms with E-state index in [1.807, 2.05) is 0 Å². The normalized spacial score (nSPS) is 16.3. The molecule has 0 unspecified atom stereocenters. The molecule has 0 N–H and O–H groups in total. The second-order valence-electron chi connectivity index (χ2n) is 4.08. The highest BCUT2D eigenvalue weighted by Crippen LogP contribution is 2.23. The summed E-state index contributed by atoms with van der Waals surface area (Å²) in [6.07, 6.45) is 2.30. The average Bonchev–Trinajstić information content (AvgIpc) is 2.25. The topological polar surface area (TPSA) is 103 Å². The highest BCUT2D eigenvalue weighted by atomic mass is 32.2. The molecule has 9 heteroatoms. The molecule has 1 aliphatic rings. The third kappa shape index (κ3) is 2.52. The number of ether oxygens (including phenoxy) is 1. The highest BCUT2D eigenvalue weighted by Gasteiger charge is 2.26. The Morgan fingerprint density at radius 2 is 1.72 bits per heavy atom. The molecule has 0 amide bonds. The smallest absolute Gasteiger partial charge is 0.248 e. The minimum absolute atomic E-state index is 0.0851. The monoisotopic (exact) mass is 292 g/mol. The maximum absolute atomic E-state index is 11.6. The van der Waals surface area contributed by atoms with Gasteiger partial charge in [-0.1, -0.05) is 0 Å². The summed E-state index contributed by atoms with van der Waals surface area (Å²) in [4.78, 5) is 7.58. The molecule has 0 aromatic carbocycles. The van der Waals surface area contributed by atoms with Gasteiger partial charge in [-0.15, -0.1) is 0 Å². The number of nitrogens with zero attached hydrogens (tertiary/aromatic N) is 2. The number of hydrogen-bond acceptors (Lipinski definition) is 7. The maximum atomic E-state index is 11.6. The van der Waals surface area contributed by atoms with Crippen LogP contribution in [-0.2, 0) is 37.4 Å². The second kappa shape index (κ2) is 4.25. The molecule has 2 heterocycles. The Balaban J connectivity index is 2.79. The van der Waals surface area contributed by atoms with Gasteiger partial charge in [-0.2, -0.15) is 0 Å². The van der Waals surface area contributed by atoms with E-state index in [0.29, 0.717) is 24.3 Å². The van der Waals surface area contributed by atoms with Crippen molar-refractivity contribution >= 4 is 19.7 Å². The summed E-state index contributed by atoms with van der Waals surface area (Å²) in [6.45, 7) is 0.470. The summed E-state index contributed by atoms with van der Waals surface area (Å²) in [5, 5.41) is -0.712. The van der Waals surface area contributed by atoms with E-state index in [1.54, 1.807) is 0 Å². The summed E-state index contributed by atoms with van der Waals surface area (Å²) in [7, 11) is -7.27. The molecule has 1 aromatic rings. The molecule has 0 spiro atoms. The molecule has 0 bridgehead atoms. The Hall–Kier alpha value is -1.06. The molecule has 100 valence electrons. The number of rotatable bonds is 2. The fourth-order valence-corrected chi connectivity index (χ4v) is 3.12. The first-order valence-corrected chi connectivity index (χ1v) is 8.85. The van der Waals surface area contributed by atoms with Crippen molar-refractivity contribution in [2.24, 2.45) is 0 Å². The molecule has 0 aliphatic carbocycles. The van der Waals surface area contributed by atoms with Crippen LogP contribution in [0.3, 0.4) is 0 Å². The Bertz CT molecular complexity index is 694. The summed E-state index contributed by atoms with van der Waals surface area (Å²) < 4.78 is 51.3. The molecular formula is C9H12N2O5S2. The Morgan fingerprint density at radius 1 is 1.06 bits per heavy atom. The molecule has 0 saturated heterocycles. The van der Waals surface area contributed by atoms with Gasteiger partial charge < -0.3 is 4.74 Å².